The molecule has 210 valence electrons. The topological polar surface area (TPSA) is 70.7 Å². The molecule has 3 aliphatic rings. The van der Waals surface area contributed by atoms with E-state index in [4.69, 9.17) is 27.9 Å². The van der Waals surface area contributed by atoms with Crippen molar-refractivity contribution >= 4 is 40.6 Å². The van der Waals surface area contributed by atoms with Gasteiger partial charge in [-0.05, 0) is 54.1 Å². The largest absolute Gasteiger partial charge is 0.379 e. The standard InChI is InChI=1S/C30H36Cl2FN3O3/c1-29(2,3)17-24-30(20-10-9-18(31)16-22(20)34-28(30)38)25(19-6-4-7-21(32)26(19)33)27(35-24)23(37)8-5-11-36-12-14-39-15-13-36/h4,6-7,9-10,16,24-25,27,35H,5,8,11-15,17H2,1-3H3,(H,34,38)/t24-,25+,27+,30+/m0/s1. The third-order valence-electron chi connectivity index (χ3n) is 8.29. The minimum absolute atomic E-state index is 0.0290. The van der Waals surface area contributed by atoms with Gasteiger partial charge in [0.2, 0.25) is 5.91 Å². The monoisotopic (exact) mass is 575 g/mol. The molecule has 2 aromatic carbocycles. The van der Waals surface area contributed by atoms with Gasteiger partial charge in [0.15, 0.2) is 0 Å². The number of anilines is 1. The average Bonchev–Trinajstić information content (AvgIpc) is 3.35. The van der Waals surface area contributed by atoms with Crippen molar-refractivity contribution < 1.29 is 18.7 Å². The number of fused-ring (bicyclic) bond motifs is 2. The number of amides is 1. The van der Waals surface area contributed by atoms with Gasteiger partial charge in [0.25, 0.3) is 0 Å². The van der Waals surface area contributed by atoms with E-state index in [2.05, 4.69) is 36.3 Å². The molecule has 0 radical (unpaired) electrons. The molecular formula is C30H36Cl2FN3O3. The molecule has 1 spiro atoms. The van der Waals surface area contributed by atoms with Crippen LogP contribution in [0, 0.1) is 11.2 Å². The smallest absolute Gasteiger partial charge is 0.237 e. The minimum atomic E-state index is -1.22. The van der Waals surface area contributed by atoms with Gasteiger partial charge in [-0.1, -0.05) is 62.2 Å². The molecule has 39 heavy (non-hydrogen) atoms. The molecule has 6 nitrogen and oxygen atoms in total. The maximum Gasteiger partial charge on any atom is 0.237 e. The summed E-state index contributed by atoms with van der Waals surface area (Å²) in [4.78, 5) is 30.4. The highest BCUT2D eigenvalue weighted by molar-refractivity contribution is 6.31. The van der Waals surface area contributed by atoms with E-state index in [-0.39, 0.29) is 27.7 Å². The molecule has 3 aliphatic heterocycles. The van der Waals surface area contributed by atoms with E-state index in [1.807, 2.05) is 6.07 Å². The molecule has 2 N–H and O–H groups in total. The molecule has 0 saturated carbocycles. The highest BCUT2D eigenvalue weighted by Gasteiger charge is 2.65. The summed E-state index contributed by atoms with van der Waals surface area (Å²) in [5.74, 6) is -1.67. The molecular weight excluding hydrogens is 540 g/mol. The average molecular weight is 577 g/mol. The summed E-state index contributed by atoms with van der Waals surface area (Å²) >= 11 is 12.6. The Balaban J connectivity index is 1.59. The molecule has 1 amide bonds. The van der Waals surface area contributed by atoms with Crippen molar-refractivity contribution in [2.45, 2.75) is 63.5 Å². The van der Waals surface area contributed by atoms with E-state index in [9.17, 15) is 9.59 Å². The Morgan fingerprint density at radius 2 is 1.92 bits per heavy atom. The van der Waals surface area contributed by atoms with Gasteiger partial charge >= 0.3 is 0 Å². The van der Waals surface area contributed by atoms with Crippen LogP contribution in [0.15, 0.2) is 36.4 Å². The Kier molecular flexibility index (Phi) is 8.11. The van der Waals surface area contributed by atoms with Crippen LogP contribution in [0.5, 0.6) is 0 Å². The van der Waals surface area contributed by atoms with E-state index in [0.29, 0.717) is 43.2 Å². The number of ether oxygens (including phenoxy) is 1. The third-order valence-corrected chi connectivity index (χ3v) is 8.81. The lowest BCUT2D eigenvalue weighted by Gasteiger charge is -2.37. The number of hydrogen-bond acceptors (Lipinski definition) is 5. The van der Waals surface area contributed by atoms with Gasteiger partial charge in [0, 0.05) is 42.2 Å². The number of nitrogens with zero attached hydrogens (tertiary/aromatic N) is 1. The van der Waals surface area contributed by atoms with Crippen LogP contribution in [-0.4, -0.2) is 61.5 Å². The Morgan fingerprint density at radius 1 is 1.18 bits per heavy atom. The number of Topliss-reactive ketones (excluding diaryl/α,β-unsaturated/α-hetero) is 1. The highest BCUT2D eigenvalue weighted by Crippen LogP contribution is 2.57. The fraction of sp³-hybridized carbons (Fsp3) is 0.533. The number of hydrogen-bond donors (Lipinski definition) is 2. The van der Waals surface area contributed by atoms with Crippen molar-refractivity contribution in [3.8, 4) is 0 Å². The number of carbonyl (C=O) groups excluding carboxylic acids is 2. The van der Waals surface area contributed by atoms with Crippen LogP contribution < -0.4 is 10.6 Å². The number of morpholine rings is 1. The molecule has 0 aliphatic carbocycles. The van der Waals surface area contributed by atoms with Gasteiger partial charge in [-0.25, -0.2) is 4.39 Å². The summed E-state index contributed by atoms with van der Waals surface area (Å²) in [5.41, 5.74) is 0.207. The lowest BCUT2D eigenvalue weighted by atomic mass is 9.62. The first kappa shape index (κ1) is 28.5. The molecule has 3 heterocycles. The second-order valence-electron chi connectivity index (χ2n) is 12.1. The number of rotatable bonds is 7. The second-order valence-corrected chi connectivity index (χ2v) is 13.0. The molecule has 2 fully saturated rings. The maximum absolute atomic E-state index is 15.8. The molecule has 5 rings (SSSR count). The number of nitrogens with one attached hydrogen (secondary N) is 2. The van der Waals surface area contributed by atoms with Gasteiger partial charge in [-0.2, -0.15) is 0 Å². The summed E-state index contributed by atoms with van der Waals surface area (Å²) in [6.45, 7) is 10.2. The number of halogens is 3. The highest BCUT2D eigenvalue weighted by atomic mass is 35.5. The first-order chi connectivity index (χ1) is 18.5. The summed E-state index contributed by atoms with van der Waals surface area (Å²) < 4.78 is 21.2. The lowest BCUT2D eigenvalue weighted by Crippen LogP contribution is -2.49. The summed E-state index contributed by atoms with van der Waals surface area (Å²) in [6.07, 6.45) is 1.59. The van der Waals surface area contributed by atoms with Crippen molar-refractivity contribution in [3.63, 3.8) is 0 Å². The number of ketones is 1. The summed E-state index contributed by atoms with van der Waals surface area (Å²) in [7, 11) is 0. The zero-order chi connectivity index (χ0) is 27.9. The summed E-state index contributed by atoms with van der Waals surface area (Å²) in [5, 5.41) is 7.04. The van der Waals surface area contributed by atoms with E-state index in [0.717, 1.165) is 25.2 Å². The zero-order valence-electron chi connectivity index (χ0n) is 22.7. The van der Waals surface area contributed by atoms with E-state index in [1.165, 1.54) is 6.07 Å². The van der Waals surface area contributed by atoms with E-state index >= 15 is 4.39 Å². The Morgan fingerprint density at radius 3 is 2.64 bits per heavy atom. The van der Waals surface area contributed by atoms with Crippen molar-refractivity contribution in [1.82, 2.24) is 10.2 Å². The predicted molar refractivity (Wildman–Crippen MR) is 152 cm³/mol. The second kappa shape index (κ2) is 11.1. The Hall–Kier alpha value is -2.03. The molecule has 2 saturated heterocycles. The fourth-order valence-corrected chi connectivity index (χ4v) is 7.02. The molecule has 0 aromatic heterocycles. The molecule has 0 unspecified atom stereocenters. The zero-order valence-corrected chi connectivity index (χ0v) is 24.2. The van der Waals surface area contributed by atoms with Gasteiger partial charge in [0.1, 0.15) is 17.0 Å². The number of carbonyl (C=O) groups is 2. The van der Waals surface area contributed by atoms with Gasteiger partial charge in [-0.3, -0.25) is 14.5 Å². The van der Waals surface area contributed by atoms with E-state index < -0.39 is 29.2 Å². The van der Waals surface area contributed by atoms with Crippen LogP contribution in [0.4, 0.5) is 10.1 Å². The van der Waals surface area contributed by atoms with Gasteiger partial charge in [0.05, 0.1) is 24.3 Å². The van der Waals surface area contributed by atoms with E-state index in [1.54, 1.807) is 24.3 Å². The van der Waals surface area contributed by atoms with Crippen LogP contribution in [0.25, 0.3) is 0 Å². The van der Waals surface area contributed by atoms with Gasteiger partial charge < -0.3 is 15.4 Å². The molecule has 4 atom stereocenters. The maximum atomic E-state index is 15.8. The Labute approximate surface area is 239 Å². The van der Waals surface area contributed by atoms with Crippen LogP contribution >= 0.6 is 23.2 Å². The van der Waals surface area contributed by atoms with Crippen molar-refractivity contribution in [1.29, 1.82) is 0 Å². The van der Waals surface area contributed by atoms with Crippen molar-refractivity contribution in [3.05, 3.63) is 63.4 Å². The van der Waals surface area contributed by atoms with Crippen LogP contribution in [0.3, 0.4) is 0 Å². The van der Waals surface area contributed by atoms with Gasteiger partial charge in [-0.15, -0.1) is 0 Å². The fourth-order valence-electron chi connectivity index (χ4n) is 6.66. The lowest BCUT2D eigenvalue weighted by molar-refractivity contribution is -0.122. The quantitative estimate of drug-likeness (QED) is 0.452. The first-order valence-corrected chi connectivity index (χ1v) is 14.4. The molecule has 2 aromatic rings. The normalized spacial score (nSPS) is 27.1. The van der Waals surface area contributed by atoms with Crippen molar-refractivity contribution in [2.75, 3.05) is 38.2 Å². The van der Waals surface area contributed by atoms with Crippen molar-refractivity contribution in [2.24, 2.45) is 5.41 Å². The first-order valence-electron chi connectivity index (χ1n) is 13.7. The SMILES string of the molecule is CC(C)(C)C[C@@H]1N[C@H](C(=O)CCCN2CCOCC2)[C@@H](c2cccc(Cl)c2F)[C@]12C(=O)Nc1cc(Cl)ccc12. The third kappa shape index (κ3) is 5.36. The molecule has 0 bridgehead atoms. The Bertz CT molecular complexity index is 1260. The molecule has 9 heteroatoms. The predicted octanol–water partition coefficient (Wildman–Crippen LogP) is 5.56. The number of benzene rings is 2. The van der Waals surface area contributed by atoms with Crippen LogP contribution in [0.2, 0.25) is 10.0 Å². The summed E-state index contributed by atoms with van der Waals surface area (Å²) in [6, 6.07) is 8.96. The van der Waals surface area contributed by atoms with Crippen LogP contribution in [-0.2, 0) is 19.7 Å². The minimum Gasteiger partial charge on any atom is -0.379 e. The van der Waals surface area contributed by atoms with Crippen LogP contribution in [0.1, 0.15) is 57.1 Å².